The van der Waals surface area contributed by atoms with Crippen molar-refractivity contribution in [3.8, 4) is 11.5 Å². The van der Waals surface area contributed by atoms with Crippen LogP contribution < -0.4 is 9.47 Å². The molecule has 0 fully saturated rings. The van der Waals surface area contributed by atoms with Crippen molar-refractivity contribution in [1.29, 1.82) is 0 Å². The van der Waals surface area contributed by atoms with Crippen molar-refractivity contribution < 1.29 is 23.8 Å². The van der Waals surface area contributed by atoms with Gasteiger partial charge in [0.25, 0.3) is 0 Å². The van der Waals surface area contributed by atoms with Crippen molar-refractivity contribution in [3.05, 3.63) is 57.9 Å². The first-order valence-corrected chi connectivity index (χ1v) is 10.0. The highest BCUT2D eigenvalue weighted by Gasteiger charge is 2.32. The summed E-state index contributed by atoms with van der Waals surface area (Å²) in [6.45, 7) is 11.5. The van der Waals surface area contributed by atoms with E-state index in [9.17, 15) is 9.18 Å². The fourth-order valence-corrected chi connectivity index (χ4v) is 3.63. The molecule has 1 aliphatic heterocycles. The van der Waals surface area contributed by atoms with Crippen molar-refractivity contribution >= 4 is 28.7 Å². The topological polar surface area (TPSA) is 55.8 Å². The number of ether oxygens (including phenoxy) is 2. The van der Waals surface area contributed by atoms with Crippen LogP contribution in [0, 0.1) is 5.92 Å². The molecule has 1 aromatic carbocycles. The lowest BCUT2D eigenvalue weighted by molar-refractivity contribution is -0.134. The summed E-state index contributed by atoms with van der Waals surface area (Å²) >= 11 is 6.69. The number of fused-ring (bicyclic) bond motifs is 1. The van der Waals surface area contributed by atoms with Crippen molar-refractivity contribution in [1.82, 2.24) is 0 Å². The molecule has 0 bridgehead atoms. The van der Waals surface area contributed by atoms with Crippen molar-refractivity contribution in [3.63, 3.8) is 0 Å². The Balaban J connectivity index is 2.60. The molecular weight excluding hydrogens is 407 g/mol. The standard InChI is InChI=1S/C24H28ClFO4/c1-13(2)18-12-24(5,6)30-22-17(18)11-16(21(29-7)19(22)25)14(3)9-8-10-15(4)20(26)23(27)28/h8-13H,1-7H3,(H,27,28). The molecule has 0 saturated carbocycles. The molecule has 162 valence electrons. The molecular formula is C24H28ClFO4. The second-order valence-electron chi connectivity index (χ2n) is 8.12. The summed E-state index contributed by atoms with van der Waals surface area (Å²) in [6.07, 6.45) is 6.86. The molecule has 1 aliphatic rings. The number of allylic oxidation sites excluding steroid dienone is 6. The van der Waals surface area contributed by atoms with E-state index in [0.717, 1.165) is 22.3 Å². The van der Waals surface area contributed by atoms with Crippen molar-refractivity contribution in [2.75, 3.05) is 7.11 Å². The molecule has 4 nitrogen and oxygen atoms in total. The zero-order valence-electron chi connectivity index (χ0n) is 18.4. The summed E-state index contributed by atoms with van der Waals surface area (Å²) in [7, 11) is 1.54. The predicted octanol–water partition coefficient (Wildman–Crippen LogP) is 6.85. The zero-order chi connectivity index (χ0) is 22.8. The highest BCUT2D eigenvalue weighted by atomic mass is 35.5. The Morgan fingerprint density at radius 1 is 1.33 bits per heavy atom. The summed E-state index contributed by atoms with van der Waals surface area (Å²) in [6, 6.07) is 1.99. The lowest BCUT2D eigenvalue weighted by atomic mass is 9.86. The van der Waals surface area contributed by atoms with Crippen LogP contribution in [-0.2, 0) is 4.79 Å². The van der Waals surface area contributed by atoms with Crippen LogP contribution in [0.4, 0.5) is 4.39 Å². The van der Waals surface area contributed by atoms with Gasteiger partial charge in [-0.15, -0.1) is 0 Å². The molecule has 0 spiro atoms. The maximum atomic E-state index is 13.5. The third kappa shape index (κ3) is 4.96. The monoisotopic (exact) mass is 434 g/mol. The van der Waals surface area contributed by atoms with Crippen LogP contribution in [-0.4, -0.2) is 23.8 Å². The number of hydrogen-bond donors (Lipinski definition) is 1. The fourth-order valence-electron chi connectivity index (χ4n) is 3.31. The Bertz CT molecular complexity index is 981. The molecule has 1 N–H and O–H groups in total. The van der Waals surface area contributed by atoms with Gasteiger partial charge in [0.15, 0.2) is 5.75 Å². The first kappa shape index (κ1) is 23.7. The number of carboxylic acid groups (broad SMARTS) is 1. The van der Waals surface area contributed by atoms with Crippen molar-refractivity contribution in [2.45, 2.75) is 47.1 Å². The van der Waals surface area contributed by atoms with E-state index in [0.29, 0.717) is 16.5 Å². The van der Waals surface area contributed by atoms with Crippen LogP contribution in [0.25, 0.3) is 11.1 Å². The van der Waals surface area contributed by atoms with Crippen LogP contribution in [0.2, 0.25) is 5.02 Å². The highest BCUT2D eigenvalue weighted by Crippen LogP contribution is 2.49. The molecule has 0 unspecified atom stereocenters. The number of methoxy groups -OCH3 is 1. The van der Waals surface area contributed by atoms with E-state index in [1.807, 2.05) is 26.8 Å². The maximum absolute atomic E-state index is 13.5. The Morgan fingerprint density at radius 3 is 2.50 bits per heavy atom. The normalized spacial score (nSPS) is 16.7. The smallest absolute Gasteiger partial charge is 0.365 e. The minimum Gasteiger partial charge on any atom is -0.494 e. The Morgan fingerprint density at radius 2 is 1.97 bits per heavy atom. The molecule has 1 aromatic rings. The first-order valence-electron chi connectivity index (χ1n) is 9.67. The molecule has 2 rings (SSSR count). The maximum Gasteiger partial charge on any atom is 0.365 e. The number of rotatable bonds is 6. The molecule has 0 atom stereocenters. The van der Waals surface area contributed by atoms with Gasteiger partial charge in [-0.3, -0.25) is 0 Å². The van der Waals surface area contributed by atoms with E-state index in [4.69, 9.17) is 26.2 Å². The van der Waals surface area contributed by atoms with Gasteiger partial charge in [0.2, 0.25) is 5.83 Å². The van der Waals surface area contributed by atoms with Gasteiger partial charge < -0.3 is 14.6 Å². The zero-order valence-corrected chi connectivity index (χ0v) is 19.1. The lowest BCUT2D eigenvalue weighted by Crippen LogP contribution is -2.30. The van der Waals surface area contributed by atoms with Gasteiger partial charge >= 0.3 is 5.97 Å². The van der Waals surface area contributed by atoms with Gasteiger partial charge in [0.05, 0.1) is 7.11 Å². The van der Waals surface area contributed by atoms with E-state index >= 15 is 0 Å². The molecule has 0 aromatic heterocycles. The summed E-state index contributed by atoms with van der Waals surface area (Å²) < 4.78 is 25.2. The highest BCUT2D eigenvalue weighted by molar-refractivity contribution is 6.34. The number of halogens is 2. The van der Waals surface area contributed by atoms with E-state index in [2.05, 4.69) is 19.9 Å². The Labute approximate surface area is 182 Å². The second kappa shape index (κ2) is 9.09. The minimum atomic E-state index is -1.59. The van der Waals surface area contributed by atoms with Gasteiger partial charge in [0, 0.05) is 11.1 Å². The number of carbonyl (C=O) groups is 1. The minimum absolute atomic E-state index is 0.0302. The van der Waals surface area contributed by atoms with E-state index in [-0.39, 0.29) is 11.5 Å². The number of aliphatic carboxylic acids is 1. The summed E-state index contributed by atoms with van der Waals surface area (Å²) in [5, 5.41) is 9.12. The summed E-state index contributed by atoms with van der Waals surface area (Å²) in [5.41, 5.74) is 3.19. The third-order valence-electron chi connectivity index (χ3n) is 4.83. The van der Waals surface area contributed by atoms with Crippen LogP contribution in [0.15, 0.2) is 41.8 Å². The summed E-state index contributed by atoms with van der Waals surface area (Å²) in [4.78, 5) is 10.7. The number of carboxylic acids is 1. The van der Waals surface area contributed by atoms with Crippen molar-refractivity contribution in [2.24, 2.45) is 5.92 Å². The number of benzene rings is 1. The van der Waals surface area contributed by atoms with E-state index in [1.165, 1.54) is 13.0 Å². The molecule has 6 heteroatoms. The molecule has 0 amide bonds. The van der Waals surface area contributed by atoms with Gasteiger partial charge in [0.1, 0.15) is 16.4 Å². The average molecular weight is 435 g/mol. The van der Waals surface area contributed by atoms with Gasteiger partial charge in [-0.05, 0) is 62.5 Å². The molecule has 0 saturated heterocycles. The van der Waals surface area contributed by atoms with Crippen LogP contribution in [0.3, 0.4) is 0 Å². The molecule has 1 heterocycles. The largest absolute Gasteiger partial charge is 0.494 e. The van der Waals surface area contributed by atoms with E-state index < -0.39 is 17.4 Å². The SMILES string of the molecule is COc1c(C(C)=CC=CC(C)=C(F)C(=O)O)cc2c(c1Cl)OC(C)(C)C=C2C(C)C. The molecule has 0 aliphatic carbocycles. The Kier molecular flexibility index (Phi) is 7.19. The summed E-state index contributed by atoms with van der Waals surface area (Å²) in [5.74, 6) is -1.42. The van der Waals surface area contributed by atoms with E-state index in [1.54, 1.807) is 19.3 Å². The van der Waals surface area contributed by atoms with Crippen LogP contribution >= 0.6 is 11.6 Å². The average Bonchev–Trinajstić information content (AvgIpc) is 2.66. The quantitative estimate of drug-likeness (QED) is 0.393. The third-order valence-corrected chi connectivity index (χ3v) is 5.18. The Hall–Kier alpha value is -2.53. The van der Waals surface area contributed by atoms with Gasteiger partial charge in [-0.25, -0.2) is 4.79 Å². The fraction of sp³-hybridized carbons (Fsp3) is 0.375. The van der Waals surface area contributed by atoms with Gasteiger partial charge in [-0.1, -0.05) is 43.7 Å². The molecule has 0 radical (unpaired) electrons. The van der Waals surface area contributed by atoms with Crippen LogP contribution in [0.5, 0.6) is 11.5 Å². The predicted molar refractivity (Wildman–Crippen MR) is 120 cm³/mol. The van der Waals surface area contributed by atoms with Crippen LogP contribution in [0.1, 0.15) is 52.7 Å². The molecule has 30 heavy (non-hydrogen) atoms. The first-order chi connectivity index (χ1) is 13.9. The number of hydrogen-bond acceptors (Lipinski definition) is 3. The van der Waals surface area contributed by atoms with Gasteiger partial charge in [-0.2, -0.15) is 4.39 Å². The lowest BCUT2D eigenvalue weighted by Gasteiger charge is -2.34. The second-order valence-corrected chi connectivity index (χ2v) is 8.50.